The second-order valence-corrected chi connectivity index (χ2v) is 5.82. The summed E-state index contributed by atoms with van der Waals surface area (Å²) in [5, 5.41) is 3.10. The SMILES string of the molecule is Cc1[nH]n2c(=O)cc(COc3ccccc3)nc2c1-c1ccccc1. The van der Waals surface area contributed by atoms with E-state index in [1.807, 2.05) is 67.6 Å². The molecule has 5 nitrogen and oxygen atoms in total. The highest BCUT2D eigenvalue weighted by molar-refractivity contribution is 5.79. The van der Waals surface area contributed by atoms with Gasteiger partial charge in [-0.05, 0) is 24.6 Å². The normalized spacial score (nSPS) is 10.9. The van der Waals surface area contributed by atoms with E-state index in [-0.39, 0.29) is 12.2 Å². The molecule has 4 aromatic rings. The lowest BCUT2D eigenvalue weighted by atomic mass is 10.1. The summed E-state index contributed by atoms with van der Waals surface area (Å²) in [6.45, 7) is 2.19. The van der Waals surface area contributed by atoms with Crippen molar-refractivity contribution in [2.24, 2.45) is 0 Å². The Hall–Kier alpha value is -3.34. The summed E-state index contributed by atoms with van der Waals surface area (Å²) in [5.41, 5.74) is 3.91. The number of ether oxygens (including phenoxy) is 1. The van der Waals surface area contributed by atoms with Gasteiger partial charge in [-0.2, -0.15) is 0 Å². The molecule has 0 unspecified atom stereocenters. The monoisotopic (exact) mass is 331 g/mol. The van der Waals surface area contributed by atoms with Crippen molar-refractivity contribution in [3.63, 3.8) is 0 Å². The van der Waals surface area contributed by atoms with Crippen molar-refractivity contribution in [1.29, 1.82) is 0 Å². The Kier molecular flexibility index (Phi) is 3.82. The van der Waals surface area contributed by atoms with Crippen LogP contribution in [-0.4, -0.2) is 14.6 Å². The van der Waals surface area contributed by atoms with E-state index < -0.39 is 0 Å². The number of nitrogens with zero attached hydrogens (tertiary/aromatic N) is 2. The molecule has 4 rings (SSSR count). The molecule has 0 aliphatic carbocycles. The van der Waals surface area contributed by atoms with Crippen LogP contribution in [0.2, 0.25) is 0 Å². The number of hydrogen-bond donors (Lipinski definition) is 1. The van der Waals surface area contributed by atoms with Gasteiger partial charge in [0, 0.05) is 17.3 Å². The summed E-state index contributed by atoms with van der Waals surface area (Å²) in [5.74, 6) is 0.748. The van der Waals surface area contributed by atoms with E-state index in [4.69, 9.17) is 4.74 Å². The topological polar surface area (TPSA) is 59.4 Å². The zero-order valence-electron chi connectivity index (χ0n) is 13.8. The van der Waals surface area contributed by atoms with E-state index in [1.54, 1.807) is 0 Å². The molecule has 5 heteroatoms. The van der Waals surface area contributed by atoms with Gasteiger partial charge in [0.1, 0.15) is 12.4 Å². The van der Waals surface area contributed by atoms with Crippen molar-refractivity contribution in [3.05, 3.63) is 88.5 Å². The third kappa shape index (κ3) is 2.92. The summed E-state index contributed by atoms with van der Waals surface area (Å²) >= 11 is 0. The van der Waals surface area contributed by atoms with Gasteiger partial charge in [-0.25, -0.2) is 9.50 Å². The molecule has 0 fully saturated rings. The molecule has 0 spiro atoms. The number of benzene rings is 2. The van der Waals surface area contributed by atoms with Crippen LogP contribution in [0.1, 0.15) is 11.4 Å². The zero-order chi connectivity index (χ0) is 17.2. The number of hydrogen-bond acceptors (Lipinski definition) is 3. The predicted octanol–water partition coefficient (Wildman–Crippen LogP) is 3.58. The number of aryl methyl sites for hydroxylation is 1. The first-order valence-corrected chi connectivity index (χ1v) is 8.07. The minimum atomic E-state index is -0.151. The van der Waals surface area contributed by atoms with E-state index >= 15 is 0 Å². The summed E-state index contributed by atoms with van der Waals surface area (Å²) in [6, 6.07) is 20.9. The van der Waals surface area contributed by atoms with Gasteiger partial charge in [-0.1, -0.05) is 48.5 Å². The van der Waals surface area contributed by atoms with Crippen molar-refractivity contribution in [3.8, 4) is 16.9 Å². The highest BCUT2D eigenvalue weighted by Crippen LogP contribution is 2.26. The van der Waals surface area contributed by atoms with Crippen LogP contribution in [0, 0.1) is 6.92 Å². The van der Waals surface area contributed by atoms with Crippen molar-refractivity contribution in [2.45, 2.75) is 13.5 Å². The maximum absolute atomic E-state index is 12.4. The summed E-state index contributed by atoms with van der Waals surface area (Å²) in [6.07, 6.45) is 0. The Bertz CT molecular complexity index is 1070. The van der Waals surface area contributed by atoms with E-state index in [2.05, 4.69) is 10.1 Å². The highest BCUT2D eigenvalue weighted by atomic mass is 16.5. The quantitative estimate of drug-likeness (QED) is 0.622. The van der Waals surface area contributed by atoms with Crippen LogP contribution in [0.5, 0.6) is 5.75 Å². The number of fused-ring (bicyclic) bond motifs is 1. The Labute approximate surface area is 144 Å². The molecule has 2 aromatic carbocycles. The fourth-order valence-electron chi connectivity index (χ4n) is 2.90. The van der Waals surface area contributed by atoms with Crippen molar-refractivity contribution in [2.75, 3.05) is 0 Å². The lowest BCUT2D eigenvalue weighted by Gasteiger charge is -2.06. The smallest absolute Gasteiger partial charge is 0.273 e. The molecule has 0 radical (unpaired) electrons. The molecule has 25 heavy (non-hydrogen) atoms. The lowest BCUT2D eigenvalue weighted by molar-refractivity contribution is 0.301. The Morgan fingerprint density at radius 2 is 1.72 bits per heavy atom. The molecular formula is C20H17N3O2. The molecule has 0 amide bonds. The molecule has 0 saturated carbocycles. The highest BCUT2D eigenvalue weighted by Gasteiger charge is 2.14. The minimum absolute atomic E-state index is 0.151. The average molecular weight is 331 g/mol. The van der Waals surface area contributed by atoms with E-state index in [0.29, 0.717) is 11.3 Å². The first-order chi connectivity index (χ1) is 12.2. The van der Waals surface area contributed by atoms with Gasteiger partial charge in [0.2, 0.25) is 0 Å². The minimum Gasteiger partial charge on any atom is -0.487 e. The van der Waals surface area contributed by atoms with Gasteiger partial charge >= 0.3 is 0 Å². The molecule has 2 heterocycles. The van der Waals surface area contributed by atoms with Crippen LogP contribution >= 0.6 is 0 Å². The first kappa shape index (κ1) is 15.2. The van der Waals surface area contributed by atoms with Crippen molar-refractivity contribution in [1.82, 2.24) is 14.6 Å². The number of aromatic amines is 1. The van der Waals surface area contributed by atoms with Crippen LogP contribution in [-0.2, 0) is 6.61 Å². The molecule has 2 aromatic heterocycles. The maximum atomic E-state index is 12.4. The van der Waals surface area contributed by atoms with E-state index in [9.17, 15) is 4.79 Å². The largest absolute Gasteiger partial charge is 0.487 e. The number of rotatable bonds is 4. The molecule has 1 N–H and O–H groups in total. The van der Waals surface area contributed by atoms with Crippen LogP contribution in [0.3, 0.4) is 0 Å². The second kappa shape index (κ2) is 6.28. The van der Waals surface area contributed by atoms with Gasteiger partial charge in [0.15, 0.2) is 5.65 Å². The van der Waals surface area contributed by atoms with Gasteiger partial charge in [0.25, 0.3) is 5.56 Å². The standard InChI is InChI=1S/C20H17N3O2/c1-14-19(15-8-4-2-5-9-15)20-21-16(12-18(24)23(20)22-14)13-25-17-10-6-3-7-11-17/h2-12,22H,13H2,1H3. The molecule has 0 aliphatic heterocycles. The first-order valence-electron chi connectivity index (χ1n) is 8.07. The molecule has 0 atom stereocenters. The third-order valence-corrected chi connectivity index (χ3v) is 4.04. The molecular weight excluding hydrogens is 314 g/mol. The molecule has 0 saturated heterocycles. The summed E-state index contributed by atoms with van der Waals surface area (Å²) < 4.78 is 7.20. The molecule has 0 bridgehead atoms. The number of nitrogens with one attached hydrogen (secondary N) is 1. The molecule has 0 aliphatic rings. The van der Waals surface area contributed by atoms with Crippen molar-refractivity contribution >= 4 is 5.65 Å². The second-order valence-electron chi connectivity index (χ2n) is 5.82. The van der Waals surface area contributed by atoms with Crippen LogP contribution in [0.15, 0.2) is 71.5 Å². The molecule has 124 valence electrons. The predicted molar refractivity (Wildman–Crippen MR) is 96.8 cm³/mol. The lowest BCUT2D eigenvalue weighted by Crippen LogP contribution is -2.16. The van der Waals surface area contributed by atoms with Crippen LogP contribution < -0.4 is 10.3 Å². The number of para-hydroxylation sites is 1. The average Bonchev–Trinajstić information content (AvgIpc) is 2.98. The Balaban J connectivity index is 1.77. The Morgan fingerprint density at radius 3 is 2.44 bits per heavy atom. The Morgan fingerprint density at radius 1 is 1.04 bits per heavy atom. The van der Waals surface area contributed by atoms with Crippen molar-refractivity contribution < 1.29 is 4.74 Å². The van der Waals surface area contributed by atoms with Crippen LogP contribution in [0.4, 0.5) is 0 Å². The maximum Gasteiger partial charge on any atom is 0.273 e. The van der Waals surface area contributed by atoms with E-state index in [0.717, 1.165) is 22.6 Å². The summed E-state index contributed by atoms with van der Waals surface area (Å²) in [4.78, 5) is 17.1. The fourth-order valence-corrected chi connectivity index (χ4v) is 2.90. The van der Waals surface area contributed by atoms with Gasteiger partial charge in [0.05, 0.1) is 5.69 Å². The van der Waals surface area contributed by atoms with Gasteiger partial charge < -0.3 is 4.74 Å². The third-order valence-electron chi connectivity index (χ3n) is 4.04. The zero-order valence-corrected chi connectivity index (χ0v) is 13.8. The van der Waals surface area contributed by atoms with Crippen LogP contribution in [0.25, 0.3) is 16.8 Å². The number of H-pyrrole nitrogens is 1. The van der Waals surface area contributed by atoms with E-state index in [1.165, 1.54) is 10.6 Å². The van der Waals surface area contributed by atoms with Gasteiger partial charge in [-0.15, -0.1) is 0 Å². The summed E-state index contributed by atoms with van der Waals surface area (Å²) in [7, 11) is 0. The number of aromatic nitrogens is 3. The van der Waals surface area contributed by atoms with Gasteiger partial charge in [-0.3, -0.25) is 9.89 Å². The fraction of sp³-hybridized carbons (Fsp3) is 0.100.